The van der Waals surface area contributed by atoms with Gasteiger partial charge in [0.25, 0.3) is 11.7 Å². The molecule has 0 radical (unpaired) electrons. The average Bonchev–Trinajstić information content (AvgIpc) is 3.09. The minimum absolute atomic E-state index is 0.0600. The summed E-state index contributed by atoms with van der Waals surface area (Å²) in [5, 5.41) is 11.1. The van der Waals surface area contributed by atoms with Crippen molar-refractivity contribution in [3.63, 3.8) is 0 Å². The summed E-state index contributed by atoms with van der Waals surface area (Å²) in [6.45, 7) is 4.17. The number of pyridine rings is 1. The zero-order valence-electron chi connectivity index (χ0n) is 17.3. The number of nitrogens with zero attached hydrogens (tertiary/aromatic N) is 2. The molecule has 2 aromatic carbocycles. The van der Waals surface area contributed by atoms with Gasteiger partial charge in [0.15, 0.2) is 0 Å². The number of aromatic nitrogens is 1. The summed E-state index contributed by atoms with van der Waals surface area (Å²) in [5.41, 5.74) is 2.02. The van der Waals surface area contributed by atoms with Gasteiger partial charge < -0.3 is 14.7 Å². The van der Waals surface area contributed by atoms with Crippen LogP contribution in [-0.2, 0) is 16.1 Å². The lowest BCUT2D eigenvalue weighted by molar-refractivity contribution is -0.140. The first-order chi connectivity index (χ1) is 15.6. The highest BCUT2D eigenvalue weighted by Crippen LogP contribution is 2.40. The zero-order chi connectivity index (χ0) is 22.5. The van der Waals surface area contributed by atoms with Gasteiger partial charge in [-0.05, 0) is 41.5 Å². The third-order valence-electron chi connectivity index (χ3n) is 5.23. The Kier molecular flexibility index (Phi) is 6.12. The molecule has 0 bridgehead atoms. The Hall–Kier alpha value is -4.19. The van der Waals surface area contributed by atoms with E-state index in [1.165, 1.54) is 4.90 Å². The molecule has 6 nitrogen and oxygen atoms in total. The molecule has 1 atom stereocenters. The SMILES string of the molecule is C=CCOc1ccc(/C(O)=C2\C(=O)C(=O)N(Cc3cccnc3)[C@H]2c2ccccc2)cc1. The molecule has 1 N–H and O–H groups in total. The predicted molar refractivity (Wildman–Crippen MR) is 121 cm³/mol. The largest absolute Gasteiger partial charge is 0.507 e. The molecule has 0 aliphatic carbocycles. The summed E-state index contributed by atoms with van der Waals surface area (Å²) >= 11 is 0. The van der Waals surface area contributed by atoms with Crippen LogP contribution in [0.15, 0.2) is 97.4 Å². The van der Waals surface area contributed by atoms with Crippen molar-refractivity contribution in [2.24, 2.45) is 0 Å². The maximum absolute atomic E-state index is 13.1. The van der Waals surface area contributed by atoms with E-state index in [0.717, 1.165) is 11.1 Å². The second-order valence-electron chi connectivity index (χ2n) is 7.32. The monoisotopic (exact) mass is 426 g/mol. The normalized spacial score (nSPS) is 17.4. The quantitative estimate of drug-likeness (QED) is 0.264. The molecule has 3 aromatic rings. The van der Waals surface area contributed by atoms with Gasteiger partial charge in [-0.1, -0.05) is 49.1 Å². The molecule has 1 saturated heterocycles. The highest BCUT2D eigenvalue weighted by Gasteiger charge is 2.46. The fraction of sp³-hybridized carbons (Fsp3) is 0.115. The number of aliphatic hydroxyl groups excluding tert-OH is 1. The first-order valence-electron chi connectivity index (χ1n) is 10.2. The average molecular weight is 426 g/mol. The molecular formula is C26H22N2O4. The number of hydrogen-bond donors (Lipinski definition) is 1. The van der Waals surface area contributed by atoms with E-state index in [-0.39, 0.29) is 17.9 Å². The molecule has 0 unspecified atom stereocenters. The highest BCUT2D eigenvalue weighted by molar-refractivity contribution is 6.46. The summed E-state index contributed by atoms with van der Waals surface area (Å²) in [7, 11) is 0. The lowest BCUT2D eigenvalue weighted by atomic mass is 9.95. The maximum Gasteiger partial charge on any atom is 0.295 e. The molecule has 0 spiro atoms. The highest BCUT2D eigenvalue weighted by atomic mass is 16.5. The van der Waals surface area contributed by atoms with Gasteiger partial charge >= 0.3 is 0 Å². The first kappa shape index (κ1) is 21.1. The third kappa shape index (κ3) is 4.16. The standard InChI is InChI=1S/C26H22N2O4/c1-2-15-32-21-12-10-20(11-13-21)24(29)22-23(19-8-4-3-5-9-19)28(26(31)25(22)30)17-18-7-6-14-27-16-18/h2-14,16,23,29H,1,15,17H2/b24-22+/t23-/m0/s1. The van der Waals surface area contributed by atoms with Crippen LogP contribution in [0.25, 0.3) is 5.76 Å². The minimum Gasteiger partial charge on any atom is -0.507 e. The van der Waals surface area contributed by atoms with Crippen molar-refractivity contribution in [2.45, 2.75) is 12.6 Å². The molecule has 1 aromatic heterocycles. The van der Waals surface area contributed by atoms with Crippen LogP contribution in [0.1, 0.15) is 22.7 Å². The van der Waals surface area contributed by atoms with E-state index in [9.17, 15) is 14.7 Å². The summed E-state index contributed by atoms with van der Waals surface area (Å²) in [6.07, 6.45) is 4.94. The second kappa shape index (κ2) is 9.31. The van der Waals surface area contributed by atoms with Crippen LogP contribution in [0.2, 0.25) is 0 Å². The molecule has 4 rings (SSSR count). The van der Waals surface area contributed by atoms with E-state index in [0.29, 0.717) is 17.9 Å². The van der Waals surface area contributed by atoms with Gasteiger partial charge in [0.05, 0.1) is 11.6 Å². The lowest BCUT2D eigenvalue weighted by Gasteiger charge is -2.25. The summed E-state index contributed by atoms with van der Waals surface area (Å²) in [5.74, 6) is -0.985. The minimum atomic E-state index is -0.716. The maximum atomic E-state index is 13.1. The predicted octanol–water partition coefficient (Wildman–Crippen LogP) is 4.27. The van der Waals surface area contributed by atoms with Crippen LogP contribution < -0.4 is 4.74 Å². The fourth-order valence-corrected chi connectivity index (χ4v) is 3.73. The Morgan fingerprint density at radius 2 is 1.81 bits per heavy atom. The van der Waals surface area contributed by atoms with Crippen LogP contribution >= 0.6 is 0 Å². The molecule has 32 heavy (non-hydrogen) atoms. The topological polar surface area (TPSA) is 79.7 Å². The van der Waals surface area contributed by atoms with Crippen molar-refractivity contribution in [3.8, 4) is 5.75 Å². The van der Waals surface area contributed by atoms with Crippen LogP contribution in [0.4, 0.5) is 0 Å². The van der Waals surface area contributed by atoms with Crippen molar-refractivity contribution < 1.29 is 19.4 Å². The molecule has 0 saturated carbocycles. The molecule has 1 aliphatic heterocycles. The van der Waals surface area contributed by atoms with Crippen LogP contribution in [-0.4, -0.2) is 33.3 Å². The molecule has 2 heterocycles. The van der Waals surface area contributed by atoms with E-state index in [1.807, 2.05) is 36.4 Å². The first-order valence-corrected chi connectivity index (χ1v) is 10.2. The van der Waals surface area contributed by atoms with Crippen molar-refractivity contribution in [2.75, 3.05) is 6.61 Å². The molecule has 6 heteroatoms. The Bertz CT molecular complexity index is 1160. The van der Waals surface area contributed by atoms with Gasteiger partial charge in [-0.25, -0.2) is 0 Å². The van der Waals surface area contributed by atoms with Crippen molar-refractivity contribution in [1.82, 2.24) is 9.88 Å². The number of ether oxygens (including phenoxy) is 1. The van der Waals surface area contributed by atoms with E-state index in [4.69, 9.17) is 4.74 Å². The summed E-state index contributed by atoms with van der Waals surface area (Å²) in [6, 6.07) is 18.8. The van der Waals surface area contributed by atoms with E-state index in [2.05, 4.69) is 11.6 Å². The van der Waals surface area contributed by atoms with Gasteiger partial charge in [0.2, 0.25) is 0 Å². The van der Waals surface area contributed by atoms with Gasteiger partial charge in [-0.3, -0.25) is 14.6 Å². The van der Waals surface area contributed by atoms with E-state index in [1.54, 1.807) is 48.8 Å². The number of amides is 1. The van der Waals surface area contributed by atoms with Crippen LogP contribution in [0, 0.1) is 0 Å². The number of aliphatic hydroxyl groups is 1. The second-order valence-corrected chi connectivity index (χ2v) is 7.32. The summed E-state index contributed by atoms with van der Waals surface area (Å²) in [4.78, 5) is 31.6. The van der Waals surface area contributed by atoms with Crippen LogP contribution in [0.5, 0.6) is 5.75 Å². The number of carbonyl (C=O) groups is 2. The van der Waals surface area contributed by atoms with Crippen LogP contribution in [0.3, 0.4) is 0 Å². The van der Waals surface area contributed by atoms with Gasteiger partial charge in [-0.15, -0.1) is 0 Å². The Labute approximate surface area is 186 Å². The van der Waals surface area contributed by atoms with E-state index >= 15 is 0 Å². The Balaban J connectivity index is 1.77. The van der Waals surface area contributed by atoms with E-state index < -0.39 is 17.7 Å². The number of ketones is 1. The van der Waals surface area contributed by atoms with Gasteiger partial charge in [0, 0.05) is 24.5 Å². The Morgan fingerprint density at radius 3 is 2.47 bits per heavy atom. The lowest BCUT2D eigenvalue weighted by Crippen LogP contribution is -2.29. The number of carbonyl (C=O) groups excluding carboxylic acids is 2. The zero-order valence-corrected chi connectivity index (χ0v) is 17.3. The molecular weight excluding hydrogens is 404 g/mol. The Morgan fingerprint density at radius 1 is 1.06 bits per heavy atom. The summed E-state index contributed by atoms with van der Waals surface area (Å²) < 4.78 is 5.48. The van der Waals surface area contributed by atoms with Gasteiger partial charge in [0.1, 0.15) is 18.1 Å². The van der Waals surface area contributed by atoms with Gasteiger partial charge in [-0.2, -0.15) is 0 Å². The number of benzene rings is 2. The molecule has 1 fully saturated rings. The number of likely N-dealkylation sites (tertiary alicyclic amines) is 1. The third-order valence-corrected chi connectivity index (χ3v) is 5.23. The van der Waals surface area contributed by atoms with Crippen molar-refractivity contribution >= 4 is 17.4 Å². The molecule has 1 aliphatic rings. The van der Waals surface area contributed by atoms with Crippen molar-refractivity contribution in [3.05, 3.63) is 114 Å². The molecule has 160 valence electrons. The fourth-order valence-electron chi connectivity index (χ4n) is 3.73. The number of rotatable bonds is 7. The van der Waals surface area contributed by atoms with Crippen molar-refractivity contribution in [1.29, 1.82) is 0 Å². The smallest absolute Gasteiger partial charge is 0.295 e. The number of hydrogen-bond acceptors (Lipinski definition) is 5. The molecule has 1 amide bonds. The number of Topliss-reactive ketones (excluding diaryl/α,β-unsaturated/α-hetero) is 1.